The molecular formula is C26H25N3O2. The molecule has 0 aromatic heterocycles. The number of amides is 1. The predicted molar refractivity (Wildman–Crippen MR) is 123 cm³/mol. The standard InChI is InChI=1S/C26H25N3O2/c1-18-24(26(31)27-25(19(2)30)20-11-5-3-6-12-20)23-16-10-9-13-21(23)17-29(18)28-22-14-7-4-8-15-22/h3-16,25,28H,17H2,1-2H3,(H,27,31)/t25-/m1/s1. The van der Waals surface area contributed by atoms with Gasteiger partial charge in [0.25, 0.3) is 5.91 Å². The third kappa shape index (κ3) is 4.36. The van der Waals surface area contributed by atoms with Gasteiger partial charge in [0.15, 0.2) is 5.78 Å². The van der Waals surface area contributed by atoms with Crippen LogP contribution in [0, 0.1) is 0 Å². The van der Waals surface area contributed by atoms with E-state index >= 15 is 0 Å². The molecule has 3 aromatic carbocycles. The Labute approximate surface area is 182 Å². The van der Waals surface area contributed by atoms with Gasteiger partial charge in [0.05, 0.1) is 17.8 Å². The fourth-order valence-corrected chi connectivity index (χ4v) is 3.87. The summed E-state index contributed by atoms with van der Waals surface area (Å²) in [6.07, 6.45) is 0. The Morgan fingerprint density at radius 2 is 1.48 bits per heavy atom. The van der Waals surface area contributed by atoms with Gasteiger partial charge in [-0.25, -0.2) is 0 Å². The molecule has 3 aromatic rings. The second kappa shape index (κ2) is 8.88. The van der Waals surface area contributed by atoms with E-state index in [-0.39, 0.29) is 11.7 Å². The number of hydrogen-bond acceptors (Lipinski definition) is 4. The molecule has 5 nitrogen and oxygen atoms in total. The van der Waals surface area contributed by atoms with Crippen LogP contribution in [-0.4, -0.2) is 16.7 Å². The number of fused-ring (bicyclic) bond motifs is 1. The normalized spacial score (nSPS) is 13.9. The van der Waals surface area contributed by atoms with Gasteiger partial charge in [-0.05, 0) is 42.7 Å². The Balaban J connectivity index is 1.69. The Bertz CT molecular complexity index is 1120. The molecule has 0 saturated carbocycles. The van der Waals surface area contributed by atoms with Gasteiger partial charge in [0.2, 0.25) is 0 Å². The summed E-state index contributed by atoms with van der Waals surface area (Å²) in [6, 6.07) is 26.4. The summed E-state index contributed by atoms with van der Waals surface area (Å²) in [5.74, 6) is -0.380. The maximum Gasteiger partial charge on any atom is 0.254 e. The van der Waals surface area contributed by atoms with Gasteiger partial charge in [0.1, 0.15) is 6.04 Å². The van der Waals surface area contributed by atoms with Crippen molar-refractivity contribution in [3.8, 4) is 0 Å². The van der Waals surface area contributed by atoms with Crippen molar-refractivity contribution in [1.82, 2.24) is 10.3 Å². The van der Waals surface area contributed by atoms with Crippen molar-refractivity contribution in [2.24, 2.45) is 0 Å². The van der Waals surface area contributed by atoms with Gasteiger partial charge in [-0.1, -0.05) is 72.8 Å². The number of hydrazine groups is 1. The smallest absolute Gasteiger partial charge is 0.254 e. The van der Waals surface area contributed by atoms with Crippen molar-refractivity contribution >= 4 is 23.0 Å². The number of benzene rings is 3. The zero-order valence-electron chi connectivity index (χ0n) is 17.6. The first-order valence-electron chi connectivity index (χ1n) is 10.3. The number of carbonyl (C=O) groups is 2. The largest absolute Gasteiger partial charge is 0.338 e. The van der Waals surface area contributed by atoms with Crippen molar-refractivity contribution in [1.29, 1.82) is 0 Å². The zero-order valence-corrected chi connectivity index (χ0v) is 17.6. The molecule has 0 spiro atoms. The Kier molecular flexibility index (Phi) is 5.85. The number of carbonyl (C=O) groups excluding carboxylic acids is 2. The molecular weight excluding hydrogens is 386 g/mol. The number of para-hydroxylation sites is 1. The summed E-state index contributed by atoms with van der Waals surface area (Å²) in [4.78, 5) is 25.8. The lowest BCUT2D eigenvalue weighted by molar-refractivity contribution is -0.124. The van der Waals surface area contributed by atoms with Crippen LogP contribution in [0.4, 0.5) is 5.69 Å². The number of rotatable bonds is 6. The minimum atomic E-state index is -0.696. The molecule has 1 amide bonds. The molecule has 1 atom stereocenters. The lowest BCUT2D eigenvalue weighted by atomic mass is 9.93. The maximum absolute atomic E-state index is 13.5. The summed E-state index contributed by atoms with van der Waals surface area (Å²) in [5.41, 5.74) is 8.39. The van der Waals surface area contributed by atoms with E-state index in [1.807, 2.05) is 96.9 Å². The lowest BCUT2D eigenvalue weighted by Crippen LogP contribution is -2.38. The highest BCUT2D eigenvalue weighted by atomic mass is 16.2. The molecule has 0 unspecified atom stereocenters. The molecule has 1 heterocycles. The number of nitrogens with one attached hydrogen (secondary N) is 2. The predicted octanol–water partition coefficient (Wildman–Crippen LogP) is 4.71. The van der Waals surface area contributed by atoms with E-state index in [2.05, 4.69) is 10.7 Å². The number of Topliss-reactive ketones (excluding diaryl/α,β-unsaturated/α-hetero) is 1. The van der Waals surface area contributed by atoms with Crippen LogP contribution in [0.25, 0.3) is 5.57 Å². The van der Waals surface area contributed by atoms with Crippen LogP contribution in [0.5, 0.6) is 0 Å². The number of anilines is 1. The van der Waals surface area contributed by atoms with Crippen LogP contribution < -0.4 is 10.7 Å². The average molecular weight is 412 g/mol. The first-order valence-corrected chi connectivity index (χ1v) is 10.3. The van der Waals surface area contributed by atoms with E-state index < -0.39 is 6.04 Å². The molecule has 0 saturated heterocycles. The van der Waals surface area contributed by atoms with E-state index in [1.165, 1.54) is 6.92 Å². The SMILES string of the molecule is CC(=O)[C@@H](NC(=O)C1=C(C)N(Nc2ccccc2)Cc2ccccc21)c1ccccc1. The first kappa shape index (κ1) is 20.4. The fourth-order valence-electron chi connectivity index (χ4n) is 3.87. The maximum atomic E-state index is 13.5. The summed E-state index contributed by atoms with van der Waals surface area (Å²) in [6.45, 7) is 4.05. The number of hydrogen-bond donors (Lipinski definition) is 2. The second-order valence-corrected chi connectivity index (χ2v) is 7.61. The quantitative estimate of drug-likeness (QED) is 0.617. The highest BCUT2D eigenvalue weighted by Crippen LogP contribution is 2.32. The topological polar surface area (TPSA) is 61.4 Å². The van der Waals surface area contributed by atoms with Crippen molar-refractivity contribution < 1.29 is 9.59 Å². The molecule has 0 fully saturated rings. The molecule has 4 rings (SSSR count). The van der Waals surface area contributed by atoms with Crippen molar-refractivity contribution in [2.75, 3.05) is 5.43 Å². The van der Waals surface area contributed by atoms with Crippen molar-refractivity contribution in [2.45, 2.75) is 26.4 Å². The fraction of sp³-hybridized carbons (Fsp3) is 0.154. The first-order chi connectivity index (χ1) is 15.0. The van der Waals surface area contributed by atoms with Gasteiger partial charge in [0, 0.05) is 5.70 Å². The number of nitrogens with zero attached hydrogens (tertiary/aromatic N) is 1. The van der Waals surface area contributed by atoms with Gasteiger partial charge in [-0.2, -0.15) is 0 Å². The highest BCUT2D eigenvalue weighted by Gasteiger charge is 2.29. The second-order valence-electron chi connectivity index (χ2n) is 7.61. The molecule has 1 aliphatic heterocycles. The van der Waals surface area contributed by atoms with Crippen molar-refractivity contribution in [3.63, 3.8) is 0 Å². The Hall–Kier alpha value is -3.86. The summed E-state index contributed by atoms with van der Waals surface area (Å²) < 4.78 is 0. The van der Waals surface area contributed by atoms with Gasteiger partial charge in [-0.15, -0.1) is 0 Å². The summed E-state index contributed by atoms with van der Waals surface area (Å²) in [5, 5.41) is 4.93. The van der Waals surface area contributed by atoms with E-state index in [9.17, 15) is 9.59 Å². The summed E-state index contributed by atoms with van der Waals surface area (Å²) >= 11 is 0. The molecule has 2 N–H and O–H groups in total. The van der Waals surface area contributed by atoms with Crippen LogP contribution in [0.15, 0.2) is 90.6 Å². The Morgan fingerprint density at radius 3 is 2.16 bits per heavy atom. The van der Waals surface area contributed by atoms with Crippen LogP contribution in [0.2, 0.25) is 0 Å². The minimum absolute atomic E-state index is 0.110. The molecule has 31 heavy (non-hydrogen) atoms. The van der Waals surface area contributed by atoms with E-state index in [0.717, 1.165) is 28.1 Å². The highest BCUT2D eigenvalue weighted by molar-refractivity contribution is 6.21. The van der Waals surface area contributed by atoms with Gasteiger partial charge < -0.3 is 5.32 Å². The molecule has 156 valence electrons. The lowest BCUT2D eigenvalue weighted by Gasteiger charge is -2.34. The average Bonchev–Trinajstić information content (AvgIpc) is 2.79. The minimum Gasteiger partial charge on any atom is -0.338 e. The van der Waals surface area contributed by atoms with E-state index in [0.29, 0.717) is 12.1 Å². The monoisotopic (exact) mass is 411 g/mol. The Morgan fingerprint density at radius 1 is 0.871 bits per heavy atom. The van der Waals surface area contributed by atoms with E-state index in [1.54, 1.807) is 0 Å². The number of ketones is 1. The number of allylic oxidation sites excluding steroid dienone is 1. The molecule has 1 aliphatic rings. The van der Waals surface area contributed by atoms with Gasteiger partial charge in [-0.3, -0.25) is 20.0 Å². The molecule has 0 radical (unpaired) electrons. The van der Waals surface area contributed by atoms with Crippen LogP contribution in [0.3, 0.4) is 0 Å². The van der Waals surface area contributed by atoms with E-state index in [4.69, 9.17) is 0 Å². The van der Waals surface area contributed by atoms with Crippen LogP contribution in [-0.2, 0) is 16.1 Å². The van der Waals surface area contributed by atoms with Crippen molar-refractivity contribution in [3.05, 3.63) is 107 Å². The van der Waals surface area contributed by atoms with Crippen LogP contribution >= 0.6 is 0 Å². The zero-order chi connectivity index (χ0) is 21.8. The molecule has 5 heteroatoms. The summed E-state index contributed by atoms with van der Waals surface area (Å²) in [7, 11) is 0. The van der Waals surface area contributed by atoms with Crippen LogP contribution in [0.1, 0.15) is 36.6 Å². The third-order valence-electron chi connectivity index (χ3n) is 5.46. The molecule has 0 bridgehead atoms. The van der Waals surface area contributed by atoms with Gasteiger partial charge >= 0.3 is 0 Å². The molecule has 0 aliphatic carbocycles. The third-order valence-corrected chi connectivity index (χ3v) is 5.46.